The molecule has 1 N–H and O–H groups in total. The van der Waals surface area contributed by atoms with Crippen LogP contribution in [0.5, 0.6) is 0 Å². The van der Waals surface area contributed by atoms with Crippen molar-refractivity contribution in [2.24, 2.45) is 0 Å². The van der Waals surface area contributed by atoms with Crippen LogP contribution in [0.1, 0.15) is 32.6 Å². The number of nitrogens with one attached hydrogen (secondary N) is 1. The predicted octanol–water partition coefficient (Wildman–Crippen LogP) is 1.96. The van der Waals surface area contributed by atoms with E-state index < -0.39 is 0 Å². The summed E-state index contributed by atoms with van der Waals surface area (Å²) in [6.45, 7) is 10.7. The molecule has 2 atom stereocenters. The fourth-order valence-electron chi connectivity index (χ4n) is 2.92. The van der Waals surface area contributed by atoms with Crippen LogP contribution in [0.25, 0.3) is 0 Å². The molecule has 2 unspecified atom stereocenters. The second kappa shape index (κ2) is 8.68. The third kappa shape index (κ3) is 5.09. The second-order valence-electron chi connectivity index (χ2n) is 5.55. The van der Waals surface area contributed by atoms with Gasteiger partial charge in [0.1, 0.15) is 0 Å². The molecule has 1 heterocycles. The molecule has 1 fully saturated rings. The van der Waals surface area contributed by atoms with Gasteiger partial charge in [-0.25, -0.2) is 0 Å². The summed E-state index contributed by atoms with van der Waals surface area (Å²) >= 11 is 0. The zero-order valence-electron chi connectivity index (χ0n) is 12.5. The Bertz CT molecular complexity index is 230. The lowest BCUT2D eigenvalue weighted by Crippen LogP contribution is -2.52. The lowest BCUT2D eigenvalue weighted by atomic mass is 10.00. The van der Waals surface area contributed by atoms with Gasteiger partial charge in [-0.1, -0.05) is 13.0 Å². The van der Waals surface area contributed by atoms with Crippen LogP contribution >= 0.6 is 0 Å². The van der Waals surface area contributed by atoms with Crippen LogP contribution in [-0.2, 0) is 0 Å². The highest BCUT2D eigenvalue weighted by Gasteiger charge is 2.27. The van der Waals surface area contributed by atoms with Gasteiger partial charge in [-0.2, -0.15) is 0 Å². The summed E-state index contributed by atoms with van der Waals surface area (Å²) < 4.78 is 0. The number of unbranched alkanes of at least 4 members (excludes halogenated alkanes) is 1. The van der Waals surface area contributed by atoms with Gasteiger partial charge in [0.15, 0.2) is 0 Å². The molecule has 1 aliphatic heterocycles. The number of nitrogens with zero attached hydrogens (tertiary/aromatic N) is 2. The molecule has 0 aromatic heterocycles. The van der Waals surface area contributed by atoms with Crippen molar-refractivity contribution in [1.29, 1.82) is 0 Å². The normalized spacial score (nSPS) is 24.7. The lowest BCUT2D eigenvalue weighted by Gasteiger charge is -2.35. The molecule has 0 spiro atoms. The Hall–Kier alpha value is -0.380. The van der Waals surface area contributed by atoms with Crippen molar-refractivity contribution < 1.29 is 0 Å². The van der Waals surface area contributed by atoms with E-state index in [1.807, 2.05) is 6.08 Å². The first-order chi connectivity index (χ1) is 8.69. The van der Waals surface area contributed by atoms with Gasteiger partial charge in [-0.15, -0.1) is 6.58 Å². The van der Waals surface area contributed by atoms with Gasteiger partial charge in [-0.3, -0.25) is 0 Å². The summed E-state index contributed by atoms with van der Waals surface area (Å²) in [5.41, 5.74) is 0. The van der Waals surface area contributed by atoms with Crippen molar-refractivity contribution in [3.63, 3.8) is 0 Å². The first-order valence-electron chi connectivity index (χ1n) is 7.42. The molecule has 106 valence electrons. The van der Waals surface area contributed by atoms with Crippen molar-refractivity contribution in [3.8, 4) is 0 Å². The monoisotopic (exact) mass is 253 g/mol. The SMILES string of the molecule is C=CCCCC(NCC)C1CN(C)CCCN1C. The molecule has 0 radical (unpaired) electrons. The molecule has 1 rings (SSSR count). The number of hydrogen-bond donors (Lipinski definition) is 1. The fraction of sp³-hybridized carbons (Fsp3) is 0.867. The van der Waals surface area contributed by atoms with E-state index in [-0.39, 0.29) is 0 Å². The standard InChI is InChI=1S/C15H31N3/c1-5-7-8-10-14(16-6-2)15-13-17(3)11-9-12-18(15)4/h5,14-16H,1,6-13H2,2-4H3. The van der Waals surface area contributed by atoms with E-state index in [1.165, 1.54) is 38.9 Å². The Labute approximate surface area is 113 Å². The minimum absolute atomic E-state index is 0.612. The number of allylic oxidation sites excluding steroid dienone is 1. The maximum Gasteiger partial charge on any atom is 0.0373 e. The van der Waals surface area contributed by atoms with Crippen molar-refractivity contribution in [2.75, 3.05) is 40.3 Å². The van der Waals surface area contributed by atoms with Crippen LogP contribution in [0.3, 0.4) is 0 Å². The Morgan fingerprint density at radius 2 is 2.17 bits per heavy atom. The van der Waals surface area contributed by atoms with Crippen LogP contribution in [0, 0.1) is 0 Å². The average Bonchev–Trinajstić information content (AvgIpc) is 2.50. The van der Waals surface area contributed by atoms with E-state index in [1.54, 1.807) is 0 Å². The molecule has 3 nitrogen and oxygen atoms in total. The maximum atomic E-state index is 3.82. The topological polar surface area (TPSA) is 18.5 Å². The molecule has 0 saturated carbocycles. The Kier molecular flexibility index (Phi) is 7.56. The Balaban J connectivity index is 2.58. The van der Waals surface area contributed by atoms with Gasteiger partial charge in [0.05, 0.1) is 0 Å². The lowest BCUT2D eigenvalue weighted by molar-refractivity contribution is 0.172. The Morgan fingerprint density at radius 1 is 1.39 bits per heavy atom. The van der Waals surface area contributed by atoms with Crippen LogP contribution in [0.2, 0.25) is 0 Å². The molecule has 0 amide bonds. The first-order valence-corrected chi connectivity index (χ1v) is 7.42. The molecule has 0 aliphatic carbocycles. The van der Waals surface area contributed by atoms with Gasteiger partial charge < -0.3 is 15.1 Å². The summed E-state index contributed by atoms with van der Waals surface area (Å²) in [4.78, 5) is 5.02. The van der Waals surface area contributed by atoms with E-state index in [2.05, 4.69) is 42.7 Å². The van der Waals surface area contributed by atoms with Crippen molar-refractivity contribution in [3.05, 3.63) is 12.7 Å². The highest BCUT2D eigenvalue weighted by Crippen LogP contribution is 2.15. The molecule has 1 aliphatic rings. The van der Waals surface area contributed by atoms with E-state index in [0.717, 1.165) is 13.0 Å². The van der Waals surface area contributed by atoms with Crippen LogP contribution in [0.4, 0.5) is 0 Å². The number of rotatable bonds is 7. The van der Waals surface area contributed by atoms with Crippen LogP contribution in [-0.4, -0.2) is 62.2 Å². The van der Waals surface area contributed by atoms with Crippen molar-refractivity contribution in [1.82, 2.24) is 15.1 Å². The van der Waals surface area contributed by atoms with Crippen molar-refractivity contribution >= 4 is 0 Å². The number of likely N-dealkylation sites (N-methyl/N-ethyl adjacent to an activating group) is 3. The van der Waals surface area contributed by atoms with E-state index in [4.69, 9.17) is 0 Å². The van der Waals surface area contributed by atoms with Gasteiger partial charge in [0.2, 0.25) is 0 Å². The minimum Gasteiger partial charge on any atom is -0.313 e. The molecule has 0 aromatic carbocycles. The zero-order chi connectivity index (χ0) is 13.4. The van der Waals surface area contributed by atoms with Crippen LogP contribution in [0.15, 0.2) is 12.7 Å². The van der Waals surface area contributed by atoms with Crippen molar-refractivity contribution in [2.45, 2.75) is 44.7 Å². The van der Waals surface area contributed by atoms with E-state index in [0.29, 0.717) is 12.1 Å². The molecular weight excluding hydrogens is 222 g/mol. The van der Waals surface area contributed by atoms with E-state index >= 15 is 0 Å². The summed E-state index contributed by atoms with van der Waals surface area (Å²) in [6.07, 6.45) is 6.95. The molecule has 3 heteroatoms. The minimum atomic E-state index is 0.612. The smallest absolute Gasteiger partial charge is 0.0373 e. The zero-order valence-corrected chi connectivity index (χ0v) is 12.5. The summed E-state index contributed by atoms with van der Waals surface area (Å²) in [7, 11) is 4.53. The number of hydrogen-bond acceptors (Lipinski definition) is 3. The molecular formula is C15H31N3. The second-order valence-corrected chi connectivity index (χ2v) is 5.55. The average molecular weight is 253 g/mol. The Morgan fingerprint density at radius 3 is 2.83 bits per heavy atom. The van der Waals surface area contributed by atoms with E-state index in [9.17, 15) is 0 Å². The predicted molar refractivity (Wildman–Crippen MR) is 80.0 cm³/mol. The maximum absolute atomic E-state index is 3.82. The molecule has 1 saturated heterocycles. The third-order valence-electron chi connectivity index (χ3n) is 3.97. The highest BCUT2D eigenvalue weighted by atomic mass is 15.2. The van der Waals surface area contributed by atoms with Gasteiger partial charge in [-0.05, 0) is 59.4 Å². The largest absolute Gasteiger partial charge is 0.313 e. The van der Waals surface area contributed by atoms with Gasteiger partial charge >= 0.3 is 0 Å². The summed E-state index contributed by atoms with van der Waals surface area (Å²) in [5, 5.41) is 3.69. The van der Waals surface area contributed by atoms with Crippen LogP contribution < -0.4 is 5.32 Å². The quantitative estimate of drug-likeness (QED) is 0.553. The molecule has 0 bridgehead atoms. The van der Waals surface area contributed by atoms with Gasteiger partial charge in [0.25, 0.3) is 0 Å². The third-order valence-corrected chi connectivity index (χ3v) is 3.97. The first kappa shape index (κ1) is 15.7. The fourth-order valence-corrected chi connectivity index (χ4v) is 2.92. The van der Waals surface area contributed by atoms with Gasteiger partial charge in [0, 0.05) is 18.6 Å². The highest BCUT2D eigenvalue weighted by molar-refractivity contribution is 4.87. The molecule has 18 heavy (non-hydrogen) atoms. The molecule has 0 aromatic rings. The summed E-state index contributed by atoms with van der Waals surface area (Å²) in [6, 6.07) is 1.25. The summed E-state index contributed by atoms with van der Waals surface area (Å²) in [5.74, 6) is 0.